The number of aliphatic carboxylic acids is 1. The summed E-state index contributed by atoms with van der Waals surface area (Å²) in [6, 6.07) is 9.19. The quantitative estimate of drug-likeness (QED) is 0.877. The van der Waals surface area contributed by atoms with Crippen molar-refractivity contribution >= 4 is 5.97 Å². The van der Waals surface area contributed by atoms with E-state index >= 15 is 0 Å². The third-order valence-corrected chi connectivity index (χ3v) is 2.93. The Hall–Kier alpha value is -1.49. The molecule has 17 heavy (non-hydrogen) atoms. The second-order valence-corrected chi connectivity index (χ2v) is 4.31. The van der Waals surface area contributed by atoms with Gasteiger partial charge in [0.1, 0.15) is 5.92 Å². The summed E-state index contributed by atoms with van der Waals surface area (Å²) in [5.74, 6) is -6.16. The Morgan fingerprint density at radius 2 is 2.06 bits per heavy atom. The highest BCUT2D eigenvalue weighted by Crippen LogP contribution is 2.33. The summed E-state index contributed by atoms with van der Waals surface area (Å²) in [7, 11) is 0. The van der Waals surface area contributed by atoms with Crippen LogP contribution in [0.25, 0.3) is 0 Å². The van der Waals surface area contributed by atoms with Crippen LogP contribution in [0.15, 0.2) is 30.3 Å². The molecule has 1 aromatic rings. The SMILES string of the molecule is O=C(O)C1CN(Cc2ccccc2)CC1(F)F. The fourth-order valence-corrected chi connectivity index (χ4v) is 2.09. The van der Waals surface area contributed by atoms with Crippen molar-refractivity contribution in [1.82, 2.24) is 4.90 Å². The molecule has 1 N–H and O–H groups in total. The van der Waals surface area contributed by atoms with Gasteiger partial charge in [0.2, 0.25) is 0 Å². The van der Waals surface area contributed by atoms with Gasteiger partial charge in [-0.3, -0.25) is 9.69 Å². The first-order valence-electron chi connectivity index (χ1n) is 5.36. The molecule has 1 aliphatic heterocycles. The summed E-state index contributed by atoms with van der Waals surface area (Å²) in [5, 5.41) is 8.73. The zero-order valence-corrected chi connectivity index (χ0v) is 9.14. The van der Waals surface area contributed by atoms with Crippen molar-refractivity contribution in [3.63, 3.8) is 0 Å². The van der Waals surface area contributed by atoms with Crippen LogP contribution in [-0.4, -0.2) is 35.0 Å². The van der Waals surface area contributed by atoms with Crippen LogP contribution in [0.4, 0.5) is 8.78 Å². The molecule has 1 unspecified atom stereocenters. The minimum Gasteiger partial charge on any atom is -0.481 e. The summed E-state index contributed by atoms with van der Waals surface area (Å²) in [6.07, 6.45) is 0. The lowest BCUT2D eigenvalue weighted by atomic mass is 10.1. The van der Waals surface area contributed by atoms with Crippen molar-refractivity contribution in [3.8, 4) is 0 Å². The van der Waals surface area contributed by atoms with Gasteiger partial charge in [0.05, 0.1) is 6.54 Å². The Bertz CT molecular complexity index is 408. The molecule has 0 amide bonds. The Morgan fingerprint density at radius 1 is 1.41 bits per heavy atom. The van der Waals surface area contributed by atoms with E-state index in [1.807, 2.05) is 30.3 Å². The van der Waals surface area contributed by atoms with Gasteiger partial charge in [-0.15, -0.1) is 0 Å². The van der Waals surface area contributed by atoms with Gasteiger partial charge in [-0.25, -0.2) is 8.78 Å². The molecular weight excluding hydrogens is 228 g/mol. The molecule has 3 nitrogen and oxygen atoms in total. The van der Waals surface area contributed by atoms with Crippen LogP contribution in [0.3, 0.4) is 0 Å². The Balaban J connectivity index is 2.04. The van der Waals surface area contributed by atoms with E-state index in [9.17, 15) is 13.6 Å². The molecule has 1 aliphatic rings. The van der Waals surface area contributed by atoms with E-state index in [-0.39, 0.29) is 6.54 Å². The number of carboxylic acid groups (broad SMARTS) is 1. The van der Waals surface area contributed by atoms with Crippen molar-refractivity contribution in [1.29, 1.82) is 0 Å². The number of carbonyl (C=O) groups is 1. The minimum atomic E-state index is -3.14. The lowest BCUT2D eigenvalue weighted by Gasteiger charge is -2.14. The molecule has 5 heteroatoms. The summed E-state index contributed by atoms with van der Waals surface area (Å²) >= 11 is 0. The fraction of sp³-hybridized carbons (Fsp3) is 0.417. The zero-order valence-electron chi connectivity index (χ0n) is 9.14. The van der Waals surface area contributed by atoms with Crippen molar-refractivity contribution in [2.75, 3.05) is 13.1 Å². The summed E-state index contributed by atoms with van der Waals surface area (Å²) in [5.41, 5.74) is 0.911. The third-order valence-electron chi connectivity index (χ3n) is 2.93. The van der Waals surface area contributed by atoms with Gasteiger partial charge in [0.25, 0.3) is 5.92 Å². The first kappa shape index (κ1) is 12.0. The van der Waals surface area contributed by atoms with Crippen LogP contribution in [0.1, 0.15) is 5.56 Å². The second kappa shape index (κ2) is 4.41. The molecule has 1 heterocycles. The molecule has 0 spiro atoms. The molecule has 92 valence electrons. The molecule has 2 rings (SSSR count). The largest absolute Gasteiger partial charge is 0.481 e. The maximum absolute atomic E-state index is 13.4. The Morgan fingerprint density at radius 3 is 2.59 bits per heavy atom. The molecule has 0 saturated carbocycles. The van der Waals surface area contributed by atoms with Crippen molar-refractivity contribution in [3.05, 3.63) is 35.9 Å². The standard InChI is InChI=1S/C12H13F2NO2/c13-12(14)8-15(7-10(12)11(16)17)6-9-4-2-1-3-5-9/h1-5,10H,6-8H2,(H,16,17). The Labute approximate surface area is 97.7 Å². The normalized spacial score (nSPS) is 23.8. The molecule has 0 aromatic heterocycles. The van der Waals surface area contributed by atoms with Gasteiger partial charge in [-0.2, -0.15) is 0 Å². The maximum atomic E-state index is 13.4. The van der Waals surface area contributed by atoms with Gasteiger partial charge < -0.3 is 5.11 Å². The van der Waals surface area contributed by atoms with Crippen molar-refractivity contribution in [2.24, 2.45) is 5.92 Å². The van der Waals surface area contributed by atoms with Crippen LogP contribution >= 0.6 is 0 Å². The van der Waals surface area contributed by atoms with Crippen LogP contribution in [-0.2, 0) is 11.3 Å². The van der Waals surface area contributed by atoms with Crippen LogP contribution in [0.5, 0.6) is 0 Å². The smallest absolute Gasteiger partial charge is 0.314 e. The highest BCUT2D eigenvalue weighted by molar-refractivity contribution is 5.72. The number of rotatable bonds is 3. The average molecular weight is 241 g/mol. The van der Waals surface area contributed by atoms with Gasteiger partial charge >= 0.3 is 5.97 Å². The molecule has 1 fully saturated rings. The van der Waals surface area contributed by atoms with Crippen LogP contribution in [0, 0.1) is 5.92 Å². The second-order valence-electron chi connectivity index (χ2n) is 4.31. The number of alkyl halides is 2. The molecule has 0 radical (unpaired) electrons. The number of hydrogen-bond donors (Lipinski definition) is 1. The van der Waals surface area contributed by atoms with E-state index in [1.54, 1.807) is 0 Å². The number of likely N-dealkylation sites (tertiary alicyclic amines) is 1. The monoisotopic (exact) mass is 241 g/mol. The van der Waals surface area contributed by atoms with Gasteiger partial charge in [0, 0.05) is 13.1 Å². The molecule has 0 aliphatic carbocycles. The Kier molecular flexibility index (Phi) is 3.11. The zero-order chi connectivity index (χ0) is 12.5. The first-order chi connectivity index (χ1) is 7.99. The topological polar surface area (TPSA) is 40.5 Å². The highest BCUT2D eigenvalue weighted by atomic mass is 19.3. The van der Waals surface area contributed by atoms with Crippen LogP contribution in [0.2, 0.25) is 0 Å². The summed E-state index contributed by atoms with van der Waals surface area (Å²) in [6.45, 7) is -0.226. The van der Waals surface area contributed by atoms with Crippen LogP contribution < -0.4 is 0 Å². The fourth-order valence-electron chi connectivity index (χ4n) is 2.09. The van der Waals surface area contributed by atoms with Crippen molar-refractivity contribution < 1.29 is 18.7 Å². The van der Waals surface area contributed by atoms with Gasteiger partial charge in [-0.05, 0) is 5.56 Å². The highest BCUT2D eigenvalue weighted by Gasteiger charge is 2.51. The molecule has 0 bridgehead atoms. The first-order valence-corrected chi connectivity index (χ1v) is 5.36. The molecule has 1 saturated heterocycles. The maximum Gasteiger partial charge on any atom is 0.314 e. The minimum absolute atomic E-state index is 0.1000. The van der Waals surface area contributed by atoms with Gasteiger partial charge in [-0.1, -0.05) is 30.3 Å². The molecule has 1 aromatic carbocycles. The van der Waals surface area contributed by atoms with E-state index in [0.717, 1.165) is 5.56 Å². The number of halogens is 2. The number of carboxylic acids is 1. The molecular formula is C12H13F2NO2. The van der Waals surface area contributed by atoms with Gasteiger partial charge in [0.15, 0.2) is 0 Å². The number of benzene rings is 1. The lowest BCUT2D eigenvalue weighted by molar-refractivity contribution is -0.151. The lowest BCUT2D eigenvalue weighted by Crippen LogP contribution is -2.32. The number of hydrogen-bond acceptors (Lipinski definition) is 2. The van der Waals surface area contributed by atoms with E-state index in [0.29, 0.717) is 6.54 Å². The number of nitrogens with zero attached hydrogens (tertiary/aromatic N) is 1. The summed E-state index contributed by atoms with van der Waals surface area (Å²) < 4.78 is 26.8. The predicted octanol–water partition coefficient (Wildman–Crippen LogP) is 1.84. The van der Waals surface area contributed by atoms with E-state index in [4.69, 9.17) is 5.11 Å². The average Bonchev–Trinajstić information content (AvgIpc) is 2.55. The molecule has 1 atom stereocenters. The predicted molar refractivity (Wildman–Crippen MR) is 57.8 cm³/mol. The van der Waals surface area contributed by atoms with E-state index < -0.39 is 24.4 Å². The summed E-state index contributed by atoms with van der Waals surface area (Å²) in [4.78, 5) is 12.2. The van der Waals surface area contributed by atoms with Crippen molar-refractivity contribution in [2.45, 2.75) is 12.5 Å². The van der Waals surface area contributed by atoms with E-state index in [1.165, 1.54) is 4.90 Å². The third kappa shape index (κ3) is 2.61. The van der Waals surface area contributed by atoms with E-state index in [2.05, 4.69) is 0 Å².